The van der Waals surface area contributed by atoms with E-state index in [4.69, 9.17) is 0 Å². The molecule has 94 valence electrons. The van der Waals surface area contributed by atoms with Gasteiger partial charge in [-0.3, -0.25) is 0 Å². The Balaban J connectivity index is 1.95. The molecule has 3 N–H and O–H groups in total. The van der Waals surface area contributed by atoms with Crippen molar-refractivity contribution in [1.29, 1.82) is 0 Å². The Labute approximate surface area is 97.3 Å². The number of aromatic nitrogens is 2. The van der Waals surface area contributed by atoms with E-state index in [1.54, 1.807) is 0 Å². The van der Waals surface area contributed by atoms with E-state index in [0.29, 0.717) is 13.1 Å². The standard InChI is InChI=1S/C10H14F2N4O/c11-8-9(12)15-5-16-10(8)14-3-6-1-2-13-4-7(6)17/h5-7,13,17H,1-4H2,(H,14,15,16). The van der Waals surface area contributed by atoms with Gasteiger partial charge in [-0.1, -0.05) is 0 Å². The molecule has 0 aromatic carbocycles. The summed E-state index contributed by atoms with van der Waals surface area (Å²) in [5, 5.41) is 15.4. The molecule has 1 aromatic rings. The predicted molar refractivity (Wildman–Crippen MR) is 57.4 cm³/mol. The van der Waals surface area contributed by atoms with Crippen molar-refractivity contribution in [2.45, 2.75) is 12.5 Å². The molecule has 2 heterocycles. The summed E-state index contributed by atoms with van der Waals surface area (Å²) < 4.78 is 26.0. The lowest BCUT2D eigenvalue weighted by molar-refractivity contribution is 0.0883. The van der Waals surface area contributed by atoms with Crippen LogP contribution in [0.3, 0.4) is 0 Å². The number of halogens is 2. The van der Waals surface area contributed by atoms with Gasteiger partial charge >= 0.3 is 0 Å². The molecule has 1 aliphatic rings. The summed E-state index contributed by atoms with van der Waals surface area (Å²) in [5.74, 6) is -2.42. The van der Waals surface area contributed by atoms with Crippen LogP contribution in [0.2, 0.25) is 0 Å². The first kappa shape index (κ1) is 12.1. The minimum Gasteiger partial charge on any atom is -0.391 e. The molecular formula is C10H14F2N4O. The number of piperidine rings is 1. The topological polar surface area (TPSA) is 70.1 Å². The molecule has 0 amide bonds. The molecule has 5 nitrogen and oxygen atoms in total. The fourth-order valence-electron chi connectivity index (χ4n) is 1.83. The van der Waals surface area contributed by atoms with Gasteiger partial charge in [0.25, 0.3) is 5.95 Å². The van der Waals surface area contributed by atoms with Crippen LogP contribution in [0.15, 0.2) is 6.33 Å². The second-order valence-corrected chi connectivity index (χ2v) is 4.03. The van der Waals surface area contributed by atoms with Gasteiger partial charge in [0.1, 0.15) is 6.33 Å². The van der Waals surface area contributed by atoms with Crippen LogP contribution in [0.5, 0.6) is 0 Å². The van der Waals surface area contributed by atoms with Crippen LogP contribution in [-0.4, -0.2) is 40.8 Å². The maximum atomic E-state index is 13.2. The predicted octanol–water partition coefficient (Wildman–Crippen LogP) is 0.137. The Morgan fingerprint density at radius 2 is 2.29 bits per heavy atom. The quantitative estimate of drug-likeness (QED) is 0.660. The fraction of sp³-hybridized carbons (Fsp3) is 0.600. The molecule has 2 unspecified atom stereocenters. The van der Waals surface area contributed by atoms with Crippen LogP contribution in [0.4, 0.5) is 14.6 Å². The molecule has 0 aliphatic carbocycles. The molecular weight excluding hydrogens is 230 g/mol. The summed E-state index contributed by atoms with van der Waals surface area (Å²) in [7, 11) is 0. The molecule has 7 heteroatoms. The normalized spacial score (nSPS) is 24.6. The van der Waals surface area contributed by atoms with E-state index in [-0.39, 0.29) is 11.7 Å². The zero-order chi connectivity index (χ0) is 12.3. The zero-order valence-corrected chi connectivity index (χ0v) is 9.16. The molecule has 0 saturated carbocycles. The van der Waals surface area contributed by atoms with Gasteiger partial charge < -0.3 is 15.7 Å². The van der Waals surface area contributed by atoms with Crippen molar-refractivity contribution in [3.05, 3.63) is 18.1 Å². The van der Waals surface area contributed by atoms with Crippen molar-refractivity contribution in [1.82, 2.24) is 15.3 Å². The summed E-state index contributed by atoms with van der Waals surface area (Å²) >= 11 is 0. The van der Waals surface area contributed by atoms with Crippen LogP contribution in [-0.2, 0) is 0 Å². The number of β-amino-alcohol motifs (C(OH)–C–C–N with tert-alkyl or cyclic N) is 1. The van der Waals surface area contributed by atoms with Crippen molar-refractivity contribution < 1.29 is 13.9 Å². The van der Waals surface area contributed by atoms with Crippen LogP contribution >= 0.6 is 0 Å². The van der Waals surface area contributed by atoms with Gasteiger partial charge in [-0.2, -0.15) is 8.78 Å². The third-order valence-electron chi connectivity index (χ3n) is 2.87. The number of nitrogens with zero attached hydrogens (tertiary/aromatic N) is 2. The second-order valence-electron chi connectivity index (χ2n) is 4.03. The molecule has 0 radical (unpaired) electrons. The molecule has 2 rings (SSSR count). The van der Waals surface area contributed by atoms with Gasteiger partial charge in [0.05, 0.1) is 6.10 Å². The van der Waals surface area contributed by atoms with E-state index >= 15 is 0 Å². The van der Waals surface area contributed by atoms with Gasteiger partial charge in [-0.25, -0.2) is 9.97 Å². The number of aliphatic hydroxyl groups is 1. The Bertz CT molecular complexity index is 391. The van der Waals surface area contributed by atoms with Crippen molar-refractivity contribution in [3.8, 4) is 0 Å². The van der Waals surface area contributed by atoms with Crippen LogP contribution in [0, 0.1) is 17.7 Å². The highest BCUT2D eigenvalue weighted by Gasteiger charge is 2.23. The molecule has 1 fully saturated rings. The Morgan fingerprint density at radius 1 is 1.47 bits per heavy atom. The minimum absolute atomic E-state index is 0.00803. The number of aliphatic hydroxyl groups excluding tert-OH is 1. The van der Waals surface area contributed by atoms with Gasteiger partial charge in [-0.05, 0) is 13.0 Å². The molecule has 0 spiro atoms. The largest absolute Gasteiger partial charge is 0.391 e. The summed E-state index contributed by atoms with van der Waals surface area (Å²) in [6.45, 7) is 1.69. The molecule has 1 saturated heterocycles. The maximum Gasteiger partial charge on any atom is 0.254 e. The van der Waals surface area contributed by atoms with Gasteiger partial charge in [0.15, 0.2) is 5.82 Å². The van der Waals surface area contributed by atoms with E-state index in [2.05, 4.69) is 20.6 Å². The molecule has 0 bridgehead atoms. The highest BCUT2D eigenvalue weighted by molar-refractivity contribution is 5.34. The molecule has 1 aromatic heterocycles. The van der Waals surface area contributed by atoms with E-state index in [1.807, 2.05) is 0 Å². The van der Waals surface area contributed by atoms with E-state index in [9.17, 15) is 13.9 Å². The number of hydrogen-bond donors (Lipinski definition) is 3. The van der Waals surface area contributed by atoms with E-state index in [0.717, 1.165) is 19.3 Å². The van der Waals surface area contributed by atoms with Crippen LogP contribution in [0.25, 0.3) is 0 Å². The van der Waals surface area contributed by atoms with Gasteiger partial charge in [0, 0.05) is 19.0 Å². The maximum absolute atomic E-state index is 13.2. The number of rotatable bonds is 3. The lowest BCUT2D eigenvalue weighted by Gasteiger charge is -2.28. The Hall–Kier alpha value is -1.34. The second kappa shape index (κ2) is 5.33. The Morgan fingerprint density at radius 3 is 3.06 bits per heavy atom. The monoisotopic (exact) mass is 244 g/mol. The van der Waals surface area contributed by atoms with Crippen LogP contribution < -0.4 is 10.6 Å². The minimum atomic E-state index is -1.17. The highest BCUT2D eigenvalue weighted by Crippen LogP contribution is 2.16. The van der Waals surface area contributed by atoms with Crippen molar-refractivity contribution in [2.24, 2.45) is 5.92 Å². The molecule has 1 aliphatic heterocycles. The zero-order valence-electron chi connectivity index (χ0n) is 9.16. The first-order valence-corrected chi connectivity index (χ1v) is 5.47. The third-order valence-corrected chi connectivity index (χ3v) is 2.87. The number of anilines is 1. The first-order valence-electron chi connectivity index (χ1n) is 5.47. The van der Waals surface area contributed by atoms with Gasteiger partial charge in [-0.15, -0.1) is 0 Å². The summed E-state index contributed by atoms with van der Waals surface area (Å²) in [4.78, 5) is 6.71. The van der Waals surface area contributed by atoms with Crippen LogP contribution in [0.1, 0.15) is 6.42 Å². The van der Waals surface area contributed by atoms with E-state index < -0.39 is 17.9 Å². The van der Waals surface area contributed by atoms with Gasteiger partial charge in [0.2, 0.25) is 5.82 Å². The SMILES string of the molecule is OC1CNCCC1CNc1ncnc(F)c1F. The summed E-state index contributed by atoms with van der Waals surface area (Å²) in [5.41, 5.74) is 0. The lowest BCUT2D eigenvalue weighted by atomic mass is 9.95. The lowest BCUT2D eigenvalue weighted by Crippen LogP contribution is -2.43. The molecule has 2 atom stereocenters. The average molecular weight is 244 g/mol. The fourth-order valence-corrected chi connectivity index (χ4v) is 1.83. The average Bonchev–Trinajstić information content (AvgIpc) is 2.33. The van der Waals surface area contributed by atoms with Crippen molar-refractivity contribution in [2.75, 3.05) is 25.0 Å². The molecule has 17 heavy (non-hydrogen) atoms. The number of nitrogens with one attached hydrogen (secondary N) is 2. The smallest absolute Gasteiger partial charge is 0.254 e. The number of hydrogen-bond acceptors (Lipinski definition) is 5. The third kappa shape index (κ3) is 2.86. The Kier molecular flexibility index (Phi) is 3.80. The summed E-state index contributed by atoms with van der Waals surface area (Å²) in [6.07, 6.45) is 1.26. The first-order chi connectivity index (χ1) is 8.18. The van der Waals surface area contributed by atoms with Crippen molar-refractivity contribution >= 4 is 5.82 Å². The van der Waals surface area contributed by atoms with Crippen molar-refractivity contribution in [3.63, 3.8) is 0 Å². The summed E-state index contributed by atoms with van der Waals surface area (Å²) in [6, 6.07) is 0. The highest BCUT2D eigenvalue weighted by atomic mass is 19.2. The van der Waals surface area contributed by atoms with E-state index in [1.165, 1.54) is 0 Å².